The molecule has 2 aliphatic rings. The zero-order chi connectivity index (χ0) is 15.0. The van der Waals surface area contributed by atoms with Crippen LogP contribution in [-0.4, -0.2) is 35.7 Å². The van der Waals surface area contributed by atoms with Crippen molar-refractivity contribution in [2.75, 3.05) is 13.2 Å². The first-order valence-corrected chi connectivity index (χ1v) is 6.97. The number of nitrogens with one attached hydrogen (secondary N) is 1. The summed E-state index contributed by atoms with van der Waals surface area (Å²) in [6, 6.07) is 5.03. The molecule has 0 radical (unpaired) electrons. The van der Waals surface area contributed by atoms with Crippen LogP contribution in [0.3, 0.4) is 0 Å². The Morgan fingerprint density at radius 1 is 1.29 bits per heavy atom. The number of carboxylic acid groups (broad SMARTS) is 1. The lowest BCUT2D eigenvalue weighted by molar-refractivity contribution is -0.144. The normalized spacial score (nSPS) is 19.5. The van der Waals surface area contributed by atoms with E-state index >= 15 is 0 Å². The number of fused-ring (bicyclic) bond motifs is 1. The minimum Gasteiger partial charge on any atom is -0.486 e. The lowest BCUT2D eigenvalue weighted by Crippen LogP contribution is -2.54. The van der Waals surface area contributed by atoms with Crippen LogP contribution in [-0.2, 0) is 4.79 Å². The van der Waals surface area contributed by atoms with Gasteiger partial charge in [-0.1, -0.05) is 6.07 Å². The van der Waals surface area contributed by atoms with E-state index in [0.717, 1.165) is 12.8 Å². The van der Waals surface area contributed by atoms with E-state index < -0.39 is 17.4 Å². The highest BCUT2D eigenvalue weighted by Crippen LogP contribution is 2.40. The fourth-order valence-electron chi connectivity index (χ4n) is 2.55. The van der Waals surface area contributed by atoms with Gasteiger partial charge in [-0.3, -0.25) is 4.79 Å². The summed E-state index contributed by atoms with van der Waals surface area (Å²) < 4.78 is 10.9. The molecule has 1 heterocycles. The summed E-state index contributed by atoms with van der Waals surface area (Å²) in [4.78, 5) is 23.9. The van der Waals surface area contributed by atoms with E-state index in [1.165, 1.54) is 0 Å². The van der Waals surface area contributed by atoms with E-state index in [1.54, 1.807) is 25.1 Å². The zero-order valence-electron chi connectivity index (χ0n) is 11.7. The first-order chi connectivity index (χ1) is 10.0. The Hall–Kier alpha value is -2.24. The van der Waals surface area contributed by atoms with Gasteiger partial charge < -0.3 is 19.9 Å². The lowest BCUT2D eigenvalue weighted by Gasteiger charge is -2.27. The molecule has 1 aromatic rings. The molecular weight excluding hydrogens is 274 g/mol. The Morgan fingerprint density at radius 3 is 2.67 bits per heavy atom. The van der Waals surface area contributed by atoms with E-state index in [0.29, 0.717) is 30.3 Å². The van der Waals surface area contributed by atoms with Crippen LogP contribution < -0.4 is 14.8 Å². The van der Waals surface area contributed by atoms with Gasteiger partial charge in [0.05, 0.1) is 5.56 Å². The van der Waals surface area contributed by atoms with Gasteiger partial charge in [0.2, 0.25) is 0 Å². The molecule has 21 heavy (non-hydrogen) atoms. The van der Waals surface area contributed by atoms with Crippen molar-refractivity contribution < 1.29 is 24.2 Å². The third-order valence-corrected chi connectivity index (χ3v) is 4.02. The van der Waals surface area contributed by atoms with Crippen LogP contribution in [0.2, 0.25) is 0 Å². The minimum atomic E-state index is -1.24. The Bertz CT molecular complexity index is 596. The minimum absolute atomic E-state index is 0.0179. The summed E-state index contributed by atoms with van der Waals surface area (Å²) in [6.45, 7) is 2.36. The lowest BCUT2D eigenvalue weighted by atomic mass is 9.95. The maximum Gasteiger partial charge on any atom is 0.329 e. The van der Waals surface area contributed by atoms with E-state index in [-0.39, 0.29) is 5.92 Å². The number of rotatable bonds is 4. The second-order valence-corrected chi connectivity index (χ2v) is 5.57. The van der Waals surface area contributed by atoms with Gasteiger partial charge in [0.25, 0.3) is 5.91 Å². The van der Waals surface area contributed by atoms with Crippen LogP contribution in [0.4, 0.5) is 0 Å². The highest BCUT2D eigenvalue weighted by atomic mass is 16.6. The summed E-state index contributed by atoms with van der Waals surface area (Å²) in [5.41, 5.74) is -0.935. The summed E-state index contributed by atoms with van der Waals surface area (Å²) in [7, 11) is 0. The van der Waals surface area contributed by atoms with Crippen molar-refractivity contribution in [2.45, 2.75) is 25.3 Å². The topological polar surface area (TPSA) is 84.9 Å². The van der Waals surface area contributed by atoms with Crippen LogP contribution >= 0.6 is 0 Å². The first-order valence-electron chi connectivity index (χ1n) is 6.97. The van der Waals surface area contributed by atoms with E-state index in [9.17, 15) is 14.7 Å². The molecule has 1 atom stereocenters. The van der Waals surface area contributed by atoms with E-state index in [4.69, 9.17) is 9.47 Å². The summed E-state index contributed by atoms with van der Waals surface area (Å²) in [5.74, 6) is -0.591. The smallest absolute Gasteiger partial charge is 0.329 e. The molecule has 1 aliphatic heterocycles. The van der Waals surface area contributed by atoms with E-state index in [1.807, 2.05) is 0 Å². The Kier molecular flexibility index (Phi) is 3.23. The fourth-order valence-corrected chi connectivity index (χ4v) is 2.55. The molecule has 112 valence electrons. The maximum absolute atomic E-state index is 12.5. The zero-order valence-corrected chi connectivity index (χ0v) is 11.7. The van der Waals surface area contributed by atoms with Gasteiger partial charge in [-0.2, -0.15) is 0 Å². The predicted octanol–water partition coefficient (Wildman–Crippen LogP) is 1.44. The van der Waals surface area contributed by atoms with Crippen LogP contribution in [0.5, 0.6) is 11.5 Å². The van der Waals surface area contributed by atoms with Crippen LogP contribution in [0.25, 0.3) is 0 Å². The van der Waals surface area contributed by atoms with Gasteiger partial charge in [0.1, 0.15) is 18.8 Å². The molecule has 6 heteroatoms. The molecule has 1 aromatic carbocycles. The second-order valence-electron chi connectivity index (χ2n) is 5.57. The van der Waals surface area contributed by atoms with Gasteiger partial charge in [-0.15, -0.1) is 0 Å². The highest BCUT2D eigenvalue weighted by molar-refractivity contribution is 6.00. The highest BCUT2D eigenvalue weighted by Gasteiger charge is 2.48. The van der Waals surface area contributed by atoms with Crippen molar-refractivity contribution in [1.82, 2.24) is 5.32 Å². The quantitative estimate of drug-likeness (QED) is 0.877. The van der Waals surface area contributed by atoms with Crippen LogP contribution in [0, 0.1) is 5.92 Å². The molecule has 1 amide bonds. The number of ether oxygens (including phenoxy) is 2. The molecule has 0 unspecified atom stereocenters. The Balaban J connectivity index is 1.87. The number of carbonyl (C=O) groups is 2. The SMILES string of the molecule is C[C@@](NC(=O)c1cccc2c1OCCO2)(C(=O)O)C1CC1. The average molecular weight is 291 g/mol. The van der Waals surface area contributed by atoms with Crippen molar-refractivity contribution >= 4 is 11.9 Å². The largest absolute Gasteiger partial charge is 0.486 e. The predicted molar refractivity (Wildman–Crippen MR) is 73.7 cm³/mol. The molecule has 1 aliphatic carbocycles. The summed E-state index contributed by atoms with van der Waals surface area (Å²) in [6.07, 6.45) is 1.63. The molecule has 6 nitrogen and oxygen atoms in total. The van der Waals surface area contributed by atoms with E-state index in [2.05, 4.69) is 5.32 Å². The van der Waals surface area contributed by atoms with Gasteiger partial charge in [0.15, 0.2) is 11.5 Å². The Labute approximate surface area is 122 Å². The van der Waals surface area contributed by atoms with Gasteiger partial charge in [-0.05, 0) is 37.8 Å². The summed E-state index contributed by atoms with van der Waals surface area (Å²) in [5, 5.41) is 12.1. The maximum atomic E-state index is 12.5. The molecule has 2 N–H and O–H groups in total. The number of para-hydroxylation sites is 1. The number of carboxylic acids is 1. The van der Waals surface area contributed by atoms with Crippen LogP contribution in [0.1, 0.15) is 30.1 Å². The molecule has 0 aromatic heterocycles. The monoisotopic (exact) mass is 291 g/mol. The van der Waals surface area contributed by atoms with Gasteiger partial charge in [-0.25, -0.2) is 4.79 Å². The molecule has 1 saturated carbocycles. The average Bonchev–Trinajstić information content (AvgIpc) is 3.31. The molecule has 3 rings (SSSR count). The number of hydrogen-bond acceptors (Lipinski definition) is 4. The van der Waals surface area contributed by atoms with Crippen molar-refractivity contribution in [2.24, 2.45) is 5.92 Å². The number of hydrogen-bond donors (Lipinski definition) is 2. The van der Waals surface area contributed by atoms with Crippen LogP contribution in [0.15, 0.2) is 18.2 Å². The number of benzene rings is 1. The van der Waals surface area contributed by atoms with Crippen molar-refractivity contribution in [3.63, 3.8) is 0 Å². The van der Waals surface area contributed by atoms with Gasteiger partial charge in [0, 0.05) is 0 Å². The first kappa shape index (κ1) is 13.7. The van der Waals surface area contributed by atoms with Crippen molar-refractivity contribution in [1.29, 1.82) is 0 Å². The molecular formula is C15H17NO5. The van der Waals surface area contributed by atoms with Gasteiger partial charge >= 0.3 is 5.97 Å². The standard InChI is InChI=1S/C15H17NO5/c1-15(14(18)19,9-5-6-9)16-13(17)10-3-2-4-11-12(10)21-8-7-20-11/h2-4,9H,5-8H2,1H3,(H,16,17)(H,18,19)/t15-/m0/s1. The number of aliphatic carboxylic acids is 1. The summed E-state index contributed by atoms with van der Waals surface area (Å²) >= 11 is 0. The molecule has 1 fully saturated rings. The molecule has 0 bridgehead atoms. The number of carbonyl (C=O) groups excluding carboxylic acids is 1. The molecule has 0 saturated heterocycles. The van der Waals surface area contributed by atoms with Crippen molar-refractivity contribution in [3.05, 3.63) is 23.8 Å². The molecule has 0 spiro atoms. The second kappa shape index (κ2) is 4.95. The Morgan fingerprint density at radius 2 is 2.00 bits per heavy atom. The fraction of sp³-hybridized carbons (Fsp3) is 0.467. The third kappa shape index (κ3) is 2.41. The van der Waals surface area contributed by atoms with Crippen molar-refractivity contribution in [3.8, 4) is 11.5 Å². The number of amides is 1. The third-order valence-electron chi connectivity index (χ3n) is 4.02.